The maximum Gasteiger partial charge on any atom is 0.0594 e. The molecule has 82 valence electrons. The number of benzene rings is 1. The van der Waals surface area contributed by atoms with Crippen molar-refractivity contribution < 1.29 is 0 Å². The van der Waals surface area contributed by atoms with E-state index < -0.39 is 0 Å². The molecular formula is C13H15N3. The second kappa shape index (κ2) is 4.66. The Balaban J connectivity index is 2.03. The van der Waals surface area contributed by atoms with Crippen LogP contribution in [0.2, 0.25) is 0 Å². The second-order valence-corrected chi connectivity index (χ2v) is 3.75. The normalized spacial score (nSPS) is 10.1. The fourth-order valence-electron chi connectivity index (χ4n) is 1.45. The summed E-state index contributed by atoms with van der Waals surface area (Å²) in [5.41, 5.74) is 9.78. The molecule has 3 N–H and O–H groups in total. The van der Waals surface area contributed by atoms with Crippen LogP contribution in [0.15, 0.2) is 42.6 Å². The van der Waals surface area contributed by atoms with Gasteiger partial charge in [0.1, 0.15) is 0 Å². The van der Waals surface area contributed by atoms with Crippen LogP contribution in [0.25, 0.3) is 0 Å². The third-order valence-electron chi connectivity index (χ3n) is 2.48. The smallest absolute Gasteiger partial charge is 0.0594 e. The largest absolute Gasteiger partial charge is 0.398 e. The van der Waals surface area contributed by atoms with Gasteiger partial charge in [-0.2, -0.15) is 0 Å². The van der Waals surface area contributed by atoms with Crippen molar-refractivity contribution in [3.8, 4) is 0 Å². The number of nitrogens with two attached hydrogens (primary N) is 1. The van der Waals surface area contributed by atoms with Gasteiger partial charge in [0.05, 0.1) is 12.2 Å². The minimum atomic E-state index is 0.712. The van der Waals surface area contributed by atoms with E-state index in [1.165, 1.54) is 0 Å². The van der Waals surface area contributed by atoms with E-state index in [0.29, 0.717) is 6.54 Å². The minimum absolute atomic E-state index is 0.712. The summed E-state index contributed by atoms with van der Waals surface area (Å²) in [4.78, 5) is 4.24. The average Bonchev–Trinajstić information content (AvgIpc) is 2.32. The molecule has 16 heavy (non-hydrogen) atoms. The van der Waals surface area contributed by atoms with E-state index in [1.54, 1.807) is 6.20 Å². The van der Waals surface area contributed by atoms with Crippen molar-refractivity contribution in [2.75, 3.05) is 11.1 Å². The number of anilines is 2. The van der Waals surface area contributed by atoms with E-state index >= 15 is 0 Å². The highest BCUT2D eigenvalue weighted by molar-refractivity contribution is 5.58. The number of aryl methyl sites for hydroxylation is 1. The fourth-order valence-corrected chi connectivity index (χ4v) is 1.45. The van der Waals surface area contributed by atoms with Gasteiger partial charge in [-0.1, -0.05) is 12.1 Å². The first-order chi connectivity index (χ1) is 7.75. The van der Waals surface area contributed by atoms with Crippen LogP contribution in [0, 0.1) is 6.92 Å². The Hall–Kier alpha value is -2.03. The molecular weight excluding hydrogens is 198 g/mol. The maximum atomic E-state index is 5.83. The van der Waals surface area contributed by atoms with Gasteiger partial charge >= 0.3 is 0 Å². The lowest BCUT2D eigenvalue weighted by molar-refractivity contribution is 1.05. The number of nitrogen functional groups attached to an aromatic ring is 1. The van der Waals surface area contributed by atoms with Crippen molar-refractivity contribution in [1.29, 1.82) is 0 Å². The lowest BCUT2D eigenvalue weighted by atomic mass is 10.2. The Bertz CT molecular complexity index is 466. The van der Waals surface area contributed by atoms with Crippen molar-refractivity contribution in [3.63, 3.8) is 0 Å². The van der Waals surface area contributed by atoms with Gasteiger partial charge in [-0.3, -0.25) is 4.98 Å². The third kappa shape index (κ3) is 2.51. The molecule has 2 rings (SSSR count). The summed E-state index contributed by atoms with van der Waals surface area (Å²) >= 11 is 0. The van der Waals surface area contributed by atoms with Crippen LogP contribution in [0.4, 0.5) is 11.4 Å². The van der Waals surface area contributed by atoms with Crippen LogP contribution in [0.5, 0.6) is 0 Å². The molecule has 1 heterocycles. The molecule has 1 aromatic heterocycles. The number of hydrogen-bond acceptors (Lipinski definition) is 3. The van der Waals surface area contributed by atoms with Crippen molar-refractivity contribution in [1.82, 2.24) is 4.98 Å². The topological polar surface area (TPSA) is 50.9 Å². The first-order valence-corrected chi connectivity index (χ1v) is 5.25. The third-order valence-corrected chi connectivity index (χ3v) is 2.48. The van der Waals surface area contributed by atoms with E-state index in [1.807, 2.05) is 43.3 Å². The highest BCUT2D eigenvalue weighted by Gasteiger charge is 1.97. The molecule has 3 heteroatoms. The summed E-state index contributed by atoms with van der Waals surface area (Å²) in [5.74, 6) is 0. The van der Waals surface area contributed by atoms with Crippen molar-refractivity contribution in [2.24, 2.45) is 0 Å². The zero-order chi connectivity index (χ0) is 11.4. The summed E-state index contributed by atoms with van der Waals surface area (Å²) in [6.07, 6.45) is 1.79. The Labute approximate surface area is 95.3 Å². The lowest BCUT2D eigenvalue weighted by Crippen LogP contribution is -2.02. The molecule has 0 fully saturated rings. The SMILES string of the molecule is Cc1ccc(NCc2ccccn2)cc1N. The maximum absolute atomic E-state index is 5.83. The van der Waals surface area contributed by atoms with Crippen molar-refractivity contribution in [2.45, 2.75) is 13.5 Å². The summed E-state index contributed by atoms with van der Waals surface area (Å²) < 4.78 is 0. The van der Waals surface area contributed by atoms with E-state index in [2.05, 4.69) is 10.3 Å². The molecule has 0 unspecified atom stereocenters. The Morgan fingerprint density at radius 2 is 2.12 bits per heavy atom. The highest BCUT2D eigenvalue weighted by Crippen LogP contribution is 2.17. The number of rotatable bonds is 3. The van der Waals surface area contributed by atoms with Gasteiger partial charge in [-0.05, 0) is 36.8 Å². The first kappa shape index (κ1) is 10.5. The molecule has 3 nitrogen and oxygen atoms in total. The Morgan fingerprint density at radius 1 is 1.25 bits per heavy atom. The monoisotopic (exact) mass is 213 g/mol. The summed E-state index contributed by atoms with van der Waals surface area (Å²) in [5, 5.41) is 3.29. The van der Waals surface area contributed by atoms with Gasteiger partial charge in [-0.25, -0.2) is 0 Å². The zero-order valence-electron chi connectivity index (χ0n) is 9.27. The van der Waals surface area contributed by atoms with E-state index in [-0.39, 0.29) is 0 Å². The molecule has 0 aliphatic rings. The summed E-state index contributed by atoms with van der Waals surface area (Å²) in [6.45, 7) is 2.71. The first-order valence-electron chi connectivity index (χ1n) is 5.25. The van der Waals surface area contributed by atoms with Gasteiger partial charge in [0.25, 0.3) is 0 Å². The van der Waals surface area contributed by atoms with E-state index in [0.717, 1.165) is 22.6 Å². The van der Waals surface area contributed by atoms with Crippen molar-refractivity contribution in [3.05, 3.63) is 53.9 Å². The molecule has 0 saturated carbocycles. The fraction of sp³-hybridized carbons (Fsp3) is 0.154. The molecule has 1 aromatic carbocycles. The molecule has 2 aromatic rings. The van der Waals surface area contributed by atoms with Crippen molar-refractivity contribution >= 4 is 11.4 Å². The predicted molar refractivity (Wildman–Crippen MR) is 67.2 cm³/mol. The second-order valence-electron chi connectivity index (χ2n) is 3.75. The minimum Gasteiger partial charge on any atom is -0.398 e. The standard InChI is InChI=1S/C13H15N3/c1-10-5-6-11(8-13(10)14)16-9-12-4-2-3-7-15-12/h2-8,16H,9,14H2,1H3. The van der Waals surface area contributed by atoms with Crippen LogP contribution < -0.4 is 11.1 Å². The van der Waals surface area contributed by atoms with Gasteiger partial charge in [0.15, 0.2) is 0 Å². The molecule has 0 saturated heterocycles. The van der Waals surface area contributed by atoms with Crippen LogP contribution in [-0.2, 0) is 6.54 Å². The molecule has 0 aliphatic carbocycles. The predicted octanol–water partition coefficient (Wildman–Crippen LogP) is 2.58. The van der Waals surface area contributed by atoms with Crippen LogP contribution in [0.3, 0.4) is 0 Å². The molecule has 0 atom stereocenters. The summed E-state index contributed by atoms with van der Waals surface area (Å²) in [7, 11) is 0. The van der Waals surface area contributed by atoms with Crippen LogP contribution in [-0.4, -0.2) is 4.98 Å². The van der Waals surface area contributed by atoms with Gasteiger partial charge < -0.3 is 11.1 Å². The molecule has 0 aliphatic heterocycles. The molecule has 0 radical (unpaired) electrons. The quantitative estimate of drug-likeness (QED) is 0.770. The van der Waals surface area contributed by atoms with Gasteiger partial charge in [0.2, 0.25) is 0 Å². The lowest BCUT2D eigenvalue weighted by Gasteiger charge is -2.07. The van der Waals surface area contributed by atoms with Gasteiger partial charge in [0, 0.05) is 17.6 Å². The summed E-state index contributed by atoms with van der Waals surface area (Å²) in [6, 6.07) is 11.9. The number of pyridine rings is 1. The van der Waals surface area contributed by atoms with Gasteiger partial charge in [-0.15, -0.1) is 0 Å². The molecule has 0 spiro atoms. The highest BCUT2D eigenvalue weighted by atomic mass is 14.9. The molecule has 0 amide bonds. The number of nitrogens with one attached hydrogen (secondary N) is 1. The number of nitrogens with zero attached hydrogens (tertiary/aromatic N) is 1. The number of hydrogen-bond donors (Lipinski definition) is 2. The number of aromatic nitrogens is 1. The van der Waals surface area contributed by atoms with Crippen LogP contribution >= 0.6 is 0 Å². The Morgan fingerprint density at radius 3 is 2.81 bits per heavy atom. The van der Waals surface area contributed by atoms with Crippen LogP contribution in [0.1, 0.15) is 11.3 Å². The van der Waals surface area contributed by atoms with E-state index in [4.69, 9.17) is 5.73 Å². The average molecular weight is 213 g/mol. The zero-order valence-corrected chi connectivity index (χ0v) is 9.27. The van der Waals surface area contributed by atoms with E-state index in [9.17, 15) is 0 Å². The Kier molecular flexibility index (Phi) is 3.05. The molecule has 0 bridgehead atoms.